The molecule has 0 aliphatic heterocycles. The molecule has 0 aliphatic carbocycles. The molecule has 0 saturated carbocycles. The molecule has 3 aromatic heterocycles. The van der Waals surface area contributed by atoms with Crippen LogP contribution in [0.1, 0.15) is 0 Å². The second-order valence-corrected chi connectivity index (χ2v) is 14.0. The molecular weight excluding hydrogens is 685 g/mol. The summed E-state index contributed by atoms with van der Waals surface area (Å²) < 4.78 is 8.80. The minimum atomic E-state index is 0.551. The van der Waals surface area contributed by atoms with Gasteiger partial charge in [0.05, 0.1) is 11.0 Å². The van der Waals surface area contributed by atoms with Crippen LogP contribution in [0, 0.1) is 0 Å². The molecule has 56 heavy (non-hydrogen) atoms. The first-order chi connectivity index (χ1) is 27.8. The fraction of sp³-hybridized carbons (Fsp3) is 0. The molecule has 3 heterocycles. The van der Waals surface area contributed by atoms with Gasteiger partial charge in [0.2, 0.25) is 5.95 Å². The number of hydrogen-bond donors (Lipinski definition) is 0. The van der Waals surface area contributed by atoms with Crippen LogP contribution < -0.4 is 0 Å². The van der Waals surface area contributed by atoms with Gasteiger partial charge < -0.3 is 4.42 Å². The molecule has 8 aromatic carbocycles. The summed E-state index contributed by atoms with van der Waals surface area (Å²) in [5.41, 5.74) is 12.2. The smallest absolute Gasteiger partial charge is 0.238 e. The largest absolute Gasteiger partial charge is 0.456 e. The Kier molecular flexibility index (Phi) is 7.42. The Labute approximate surface area is 322 Å². The molecule has 11 rings (SSSR count). The minimum Gasteiger partial charge on any atom is -0.456 e. The fourth-order valence-corrected chi connectivity index (χ4v) is 8.09. The van der Waals surface area contributed by atoms with Crippen molar-refractivity contribution in [2.24, 2.45) is 0 Å². The van der Waals surface area contributed by atoms with E-state index in [-0.39, 0.29) is 0 Å². The summed E-state index contributed by atoms with van der Waals surface area (Å²) in [5, 5.41) is 4.44. The molecule has 262 valence electrons. The molecule has 5 heteroatoms. The van der Waals surface area contributed by atoms with Gasteiger partial charge in [-0.2, -0.15) is 9.97 Å². The number of hydrogen-bond acceptors (Lipinski definition) is 4. The third-order valence-corrected chi connectivity index (χ3v) is 10.7. The molecule has 0 saturated heterocycles. The van der Waals surface area contributed by atoms with E-state index in [1.807, 2.05) is 42.5 Å². The quantitative estimate of drug-likeness (QED) is 0.172. The van der Waals surface area contributed by atoms with Gasteiger partial charge in [0, 0.05) is 38.2 Å². The summed E-state index contributed by atoms with van der Waals surface area (Å²) >= 11 is 0. The zero-order valence-electron chi connectivity index (χ0n) is 30.2. The topological polar surface area (TPSA) is 56.7 Å². The number of nitrogens with zero attached hydrogens (tertiary/aromatic N) is 4. The lowest BCUT2D eigenvalue weighted by molar-refractivity contribution is 0.669. The van der Waals surface area contributed by atoms with E-state index in [4.69, 9.17) is 19.4 Å². The number of para-hydroxylation sites is 2. The molecule has 0 N–H and O–H groups in total. The Balaban J connectivity index is 1.15. The minimum absolute atomic E-state index is 0.551. The van der Waals surface area contributed by atoms with E-state index in [0.29, 0.717) is 17.6 Å². The van der Waals surface area contributed by atoms with Gasteiger partial charge in [0.25, 0.3) is 0 Å². The SMILES string of the molecule is c1ccc(-c2cccc(-c3nc(-c4ccccc4)nc(-n4c5ccccc5c5cccc(-c6ccc7c(c6)oc6cccc(-c8ccccc8)c67)c54)n3)c2)cc1. The van der Waals surface area contributed by atoms with Gasteiger partial charge in [-0.05, 0) is 58.1 Å². The molecule has 0 aliphatic rings. The van der Waals surface area contributed by atoms with Gasteiger partial charge >= 0.3 is 0 Å². The van der Waals surface area contributed by atoms with Crippen molar-refractivity contribution >= 4 is 43.7 Å². The Morgan fingerprint density at radius 2 is 0.964 bits per heavy atom. The highest BCUT2D eigenvalue weighted by atomic mass is 16.3. The average molecular weight is 717 g/mol. The van der Waals surface area contributed by atoms with Crippen molar-refractivity contribution in [3.05, 3.63) is 194 Å². The number of rotatable bonds is 6. The molecule has 0 fully saturated rings. The molecule has 5 nitrogen and oxygen atoms in total. The van der Waals surface area contributed by atoms with E-state index >= 15 is 0 Å². The van der Waals surface area contributed by atoms with Crippen molar-refractivity contribution in [2.45, 2.75) is 0 Å². The fourth-order valence-electron chi connectivity index (χ4n) is 8.09. The number of furan rings is 1. The summed E-state index contributed by atoms with van der Waals surface area (Å²) in [6, 6.07) is 67.3. The molecule has 0 amide bonds. The Hall–Kier alpha value is -7.63. The zero-order valence-corrected chi connectivity index (χ0v) is 30.2. The first kappa shape index (κ1) is 31.9. The second kappa shape index (κ2) is 13.0. The van der Waals surface area contributed by atoms with E-state index in [1.165, 1.54) is 0 Å². The highest BCUT2D eigenvalue weighted by Gasteiger charge is 2.21. The number of aromatic nitrogens is 4. The first-order valence-corrected chi connectivity index (χ1v) is 18.8. The second-order valence-electron chi connectivity index (χ2n) is 14.0. The van der Waals surface area contributed by atoms with Gasteiger partial charge in [-0.1, -0.05) is 164 Å². The number of benzene rings is 8. The van der Waals surface area contributed by atoms with Gasteiger partial charge in [-0.25, -0.2) is 4.98 Å². The van der Waals surface area contributed by atoms with Crippen LogP contribution in [-0.4, -0.2) is 19.5 Å². The van der Waals surface area contributed by atoms with Gasteiger partial charge in [0.15, 0.2) is 11.6 Å². The van der Waals surface area contributed by atoms with Gasteiger partial charge in [-0.3, -0.25) is 4.57 Å². The summed E-state index contributed by atoms with van der Waals surface area (Å²) in [6.07, 6.45) is 0. The van der Waals surface area contributed by atoms with E-state index < -0.39 is 0 Å². The highest BCUT2D eigenvalue weighted by Crippen LogP contribution is 2.42. The maximum Gasteiger partial charge on any atom is 0.238 e. The Morgan fingerprint density at radius 1 is 0.357 bits per heavy atom. The molecule has 0 bridgehead atoms. The summed E-state index contributed by atoms with van der Waals surface area (Å²) in [5.74, 6) is 1.76. The third-order valence-electron chi connectivity index (χ3n) is 10.7. The Bertz CT molecular complexity index is 3240. The van der Waals surface area contributed by atoms with Crippen LogP contribution in [0.4, 0.5) is 0 Å². The van der Waals surface area contributed by atoms with Crippen LogP contribution in [0.2, 0.25) is 0 Å². The predicted molar refractivity (Wildman–Crippen MR) is 229 cm³/mol. The lowest BCUT2D eigenvalue weighted by Gasteiger charge is -2.13. The average Bonchev–Trinajstić information content (AvgIpc) is 3.83. The Morgan fingerprint density at radius 3 is 1.77 bits per heavy atom. The molecule has 0 unspecified atom stereocenters. The zero-order chi connectivity index (χ0) is 37.0. The van der Waals surface area contributed by atoms with Crippen molar-refractivity contribution in [3.63, 3.8) is 0 Å². The lowest BCUT2D eigenvalue weighted by Crippen LogP contribution is -2.07. The van der Waals surface area contributed by atoms with Crippen molar-refractivity contribution < 1.29 is 4.42 Å². The summed E-state index contributed by atoms with van der Waals surface area (Å²) in [4.78, 5) is 15.6. The summed E-state index contributed by atoms with van der Waals surface area (Å²) in [7, 11) is 0. The van der Waals surface area contributed by atoms with Crippen molar-refractivity contribution in [3.8, 4) is 62.1 Å². The van der Waals surface area contributed by atoms with E-state index in [0.717, 1.165) is 88.3 Å². The van der Waals surface area contributed by atoms with Gasteiger partial charge in [-0.15, -0.1) is 0 Å². The predicted octanol–water partition coefficient (Wildman–Crippen LogP) is 13.2. The van der Waals surface area contributed by atoms with Crippen molar-refractivity contribution in [1.29, 1.82) is 0 Å². The van der Waals surface area contributed by atoms with Crippen LogP contribution in [0.3, 0.4) is 0 Å². The standard InChI is InChI=1S/C51H32N4O/c1-4-15-33(16-5-1)36-21-12-22-38(31-36)50-52-49(35-19-8-3-9-20-35)53-51(54-50)55-44-27-11-10-23-41(44)42-26-13-25-40(48(42)55)37-29-30-43-46(32-37)56-45-28-14-24-39(47(43)45)34-17-6-2-7-18-34/h1-32H. The molecule has 0 atom stereocenters. The highest BCUT2D eigenvalue weighted by molar-refractivity contribution is 6.16. The van der Waals surface area contributed by atoms with Crippen LogP contribution in [0.15, 0.2) is 199 Å². The van der Waals surface area contributed by atoms with Crippen LogP contribution >= 0.6 is 0 Å². The van der Waals surface area contributed by atoms with Crippen LogP contribution in [-0.2, 0) is 0 Å². The van der Waals surface area contributed by atoms with E-state index in [9.17, 15) is 0 Å². The molecule has 11 aromatic rings. The molecule has 0 radical (unpaired) electrons. The third kappa shape index (κ3) is 5.29. The van der Waals surface area contributed by atoms with Crippen molar-refractivity contribution in [2.75, 3.05) is 0 Å². The molecular formula is C51H32N4O. The maximum absolute atomic E-state index is 6.59. The van der Waals surface area contributed by atoms with E-state index in [1.54, 1.807) is 0 Å². The lowest BCUT2D eigenvalue weighted by atomic mass is 9.97. The summed E-state index contributed by atoms with van der Waals surface area (Å²) in [6.45, 7) is 0. The maximum atomic E-state index is 6.59. The number of fused-ring (bicyclic) bond motifs is 6. The van der Waals surface area contributed by atoms with E-state index in [2.05, 4.69) is 156 Å². The first-order valence-electron chi connectivity index (χ1n) is 18.8. The van der Waals surface area contributed by atoms with Crippen LogP contribution in [0.5, 0.6) is 0 Å². The monoisotopic (exact) mass is 716 g/mol. The molecule has 0 spiro atoms. The van der Waals surface area contributed by atoms with Crippen LogP contribution in [0.25, 0.3) is 106 Å². The van der Waals surface area contributed by atoms with Crippen molar-refractivity contribution in [1.82, 2.24) is 19.5 Å². The van der Waals surface area contributed by atoms with Gasteiger partial charge in [0.1, 0.15) is 11.2 Å². The normalized spacial score (nSPS) is 11.6.